The van der Waals surface area contributed by atoms with Crippen LogP contribution in [-0.2, 0) is 0 Å². The Hall–Kier alpha value is -4.66. The van der Waals surface area contributed by atoms with E-state index in [0.717, 1.165) is 11.0 Å². The third kappa shape index (κ3) is 2.38. The Morgan fingerprint density at radius 2 is 1.84 bits per heavy atom. The van der Waals surface area contributed by atoms with Crippen molar-refractivity contribution in [1.82, 2.24) is 29.8 Å². The molecule has 32 heavy (non-hydrogen) atoms. The van der Waals surface area contributed by atoms with Crippen LogP contribution >= 0.6 is 0 Å². The average molecular weight is 434 g/mol. The molecule has 12 heteroatoms. The minimum absolute atomic E-state index is 0.0636. The molecule has 1 unspecified atom stereocenters. The van der Waals surface area contributed by atoms with Crippen LogP contribution in [0.4, 0.5) is 18.9 Å². The molecule has 2 aliphatic heterocycles. The summed E-state index contributed by atoms with van der Waals surface area (Å²) in [4.78, 5) is 6.33. The summed E-state index contributed by atoms with van der Waals surface area (Å²) < 4.78 is 49.1. The molecule has 2 aliphatic rings. The van der Waals surface area contributed by atoms with E-state index in [-0.39, 0.29) is 28.9 Å². The smallest absolute Gasteiger partial charge is 0.296 e. The Bertz CT molecular complexity index is 1470. The number of rotatable bonds is 2. The quantitative estimate of drug-likeness (QED) is 0.349. The van der Waals surface area contributed by atoms with Crippen molar-refractivity contribution in [2.75, 3.05) is 4.90 Å². The maximum absolute atomic E-state index is 15.0. The number of fused-ring (bicyclic) bond motifs is 6. The summed E-state index contributed by atoms with van der Waals surface area (Å²) in [6.07, 6.45) is 1.32. The lowest BCUT2D eigenvalue weighted by Gasteiger charge is -2.31. The predicted octanol–water partition coefficient (Wildman–Crippen LogP) is 3.57. The van der Waals surface area contributed by atoms with Gasteiger partial charge >= 0.3 is 0 Å². The van der Waals surface area contributed by atoms with E-state index in [0.29, 0.717) is 23.1 Å². The topological polar surface area (TPSA) is 99.9 Å². The zero-order valence-corrected chi connectivity index (χ0v) is 15.8. The number of nitrogens with zero attached hydrogens (tertiary/aromatic N) is 8. The van der Waals surface area contributed by atoms with Gasteiger partial charge in [-0.05, 0) is 24.3 Å². The van der Waals surface area contributed by atoms with Crippen LogP contribution in [0.15, 0.2) is 53.2 Å². The molecule has 0 saturated heterocycles. The second-order valence-electron chi connectivity index (χ2n) is 6.92. The Labute approximate surface area is 177 Å². The van der Waals surface area contributed by atoms with Crippen molar-refractivity contribution in [2.45, 2.75) is 6.42 Å². The zero-order valence-electron chi connectivity index (χ0n) is 15.8. The van der Waals surface area contributed by atoms with Crippen LogP contribution < -0.4 is 4.90 Å². The summed E-state index contributed by atoms with van der Waals surface area (Å²) >= 11 is 0. The summed E-state index contributed by atoms with van der Waals surface area (Å²) in [6, 6.07) is 9.92. The number of para-hydroxylation sites is 1. The standard InChI is InChI=1S/C20H9F3N8O/c21-10-5-6-11(13(22)7-10)16-25-19(32-28-16)18-27-26-17-12-3-1-2-4-14(12)30-15(31(17)18)8-29(9-24)20(30)23/h1-8,20H. The molecule has 0 fully saturated rings. The summed E-state index contributed by atoms with van der Waals surface area (Å²) in [7, 11) is 0. The van der Waals surface area contributed by atoms with Crippen LogP contribution in [0, 0.1) is 23.1 Å². The zero-order chi connectivity index (χ0) is 22.0. The molecule has 1 atom stereocenters. The Kier molecular flexibility index (Phi) is 3.64. The Balaban J connectivity index is 1.53. The molecule has 0 amide bonds. The van der Waals surface area contributed by atoms with Gasteiger partial charge in [-0.1, -0.05) is 17.3 Å². The van der Waals surface area contributed by atoms with E-state index in [1.807, 2.05) is 0 Å². The number of benzene rings is 2. The first-order valence-corrected chi connectivity index (χ1v) is 9.24. The van der Waals surface area contributed by atoms with Crippen molar-refractivity contribution in [3.8, 4) is 40.7 Å². The van der Waals surface area contributed by atoms with E-state index in [2.05, 4.69) is 20.3 Å². The van der Waals surface area contributed by atoms with Gasteiger partial charge < -0.3 is 4.52 Å². The molecule has 0 radical (unpaired) electrons. The van der Waals surface area contributed by atoms with Crippen LogP contribution in [-0.4, -0.2) is 36.2 Å². The summed E-state index contributed by atoms with van der Waals surface area (Å²) in [5, 5.41) is 21.4. The molecule has 2 aromatic carbocycles. The highest BCUT2D eigenvalue weighted by Gasteiger charge is 2.42. The minimum atomic E-state index is -1.77. The van der Waals surface area contributed by atoms with Crippen LogP contribution in [0.25, 0.3) is 40.3 Å². The first kappa shape index (κ1) is 18.1. The van der Waals surface area contributed by atoms with Crippen molar-refractivity contribution in [3.63, 3.8) is 0 Å². The molecule has 4 aromatic rings. The van der Waals surface area contributed by atoms with Gasteiger partial charge in [0.1, 0.15) is 17.5 Å². The molecule has 0 N–H and O–H groups in total. The second kappa shape index (κ2) is 6.42. The monoisotopic (exact) mass is 434 g/mol. The number of halogens is 3. The number of alkyl halides is 1. The maximum atomic E-state index is 15.0. The van der Waals surface area contributed by atoms with Crippen LogP contribution in [0.3, 0.4) is 0 Å². The lowest BCUT2D eigenvalue weighted by atomic mass is 10.1. The first-order chi connectivity index (χ1) is 15.6. The SMILES string of the molecule is N#CN1C=C2N(c3ccccc3-c3nnc(-c4nc(-c5ccc(F)cc5F)no4)n32)C1F. The average Bonchev–Trinajstić information content (AvgIpc) is 3.50. The van der Waals surface area contributed by atoms with E-state index in [1.165, 1.54) is 21.7 Å². The van der Waals surface area contributed by atoms with Crippen molar-refractivity contribution in [3.05, 3.63) is 60.3 Å². The molecule has 0 aliphatic carbocycles. The van der Waals surface area contributed by atoms with Crippen LogP contribution in [0.1, 0.15) is 0 Å². The van der Waals surface area contributed by atoms with E-state index in [1.54, 1.807) is 30.5 Å². The van der Waals surface area contributed by atoms with Crippen LogP contribution in [0.2, 0.25) is 0 Å². The molecular formula is C20H9F3N8O. The number of hydrogen-bond donors (Lipinski definition) is 0. The third-order valence-electron chi connectivity index (χ3n) is 5.15. The second-order valence-corrected chi connectivity index (χ2v) is 6.92. The lowest BCUT2D eigenvalue weighted by Crippen LogP contribution is -2.36. The molecule has 0 spiro atoms. The van der Waals surface area contributed by atoms with Crippen LogP contribution in [0.5, 0.6) is 0 Å². The Morgan fingerprint density at radius 3 is 2.66 bits per heavy atom. The number of hydrogen-bond acceptors (Lipinski definition) is 8. The molecule has 2 aromatic heterocycles. The molecule has 0 saturated carbocycles. The predicted molar refractivity (Wildman–Crippen MR) is 103 cm³/mol. The highest BCUT2D eigenvalue weighted by atomic mass is 19.1. The van der Waals surface area contributed by atoms with Gasteiger partial charge in [0.2, 0.25) is 11.6 Å². The molecule has 4 heterocycles. The highest BCUT2D eigenvalue weighted by Crippen LogP contribution is 2.45. The fourth-order valence-electron chi connectivity index (χ4n) is 3.74. The summed E-state index contributed by atoms with van der Waals surface area (Å²) in [5.74, 6) is -1.13. The van der Waals surface area contributed by atoms with Crippen molar-refractivity contribution in [1.29, 1.82) is 5.26 Å². The normalized spacial score (nSPS) is 16.3. The van der Waals surface area contributed by atoms with Gasteiger partial charge in [-0.15, -0.1) is 10.2 Å². The van der Waals surface area contributed by atoms with E-state index >= 15 is 4.39 Å². The van der Waals surface area contributed by atoms with Crippen molar-refractivity contribution >= 4 is 11.5 Å². The van der Waals surface area contributed by atoms with Gasteiger partial charge in [0.25, 0.3) is 12.3 Å². The first-order valence-electron chi connectivity index (χ1n) is 9.24. The molecular weight excluding hydrogens is 425 g/mol. The largest absolute Gasteiger partial charge is 0.330 e. The van der Waals surface area contributed by atoms with Crippen molar-refractivity contribution in [2.24, 2.45) is 0 Å². The number of anilines is 1. The van der Waals surface area contributed by atoms with E-state index < -0.39 is 18.1 Å². The summed E-state index contributed by atoms with van der Waals surface area (Å²) in [5.41, 5.74) is 1.02. The van der Waals surface area contributed by atoms with E-state index in [9.17, 15) is 14.0 Å². The van der Waals surface area contributed by atoms with Crippen molar-refractivity contribution < 1.29 is 17.7 Å². The van der Waals surface area contributed by atoms with E-state index in [4.69, 9.17) is 4.52 Å². The molecule has 156 valence electrons. The summed E-state index contributed by atoms with van der Waals surface area (Å²) in [6.45, 7) is 0. The van der Waals surface area contributed by atoms with Gasteiger partial charge in [-0.2, -0.15) is 14.6 Å². The molecule has 6 rings (SSSR count). The lowest BCUT2D eigenvalue weighted by molar-refractivity contribution is 0.209. The number of aromatic nitrogens is 5. The number of nitriles is 1. The highest BCUT2D eigenvalue weighted by molar-refractivity contribution is 5.90. The van der Waals surface area contributed by atoms with Gasteiger partial charge in [0.15, 0.2) is 12.0 Å². The molecule has 9 nitrogen and oxygen atoms in total. The third-order valence-corrected chi connectivity index (χ3v) is 5.15. The van der Waals surface area contributed by atoms with Gasteiger partial charge in [0.05, 0.1) is 17.5 Å². The van der Waals surface area contributed by atoms with Gasteiger partial charge in [-0.25, -0.2) is 13.7 Å². The maximum Gasteiger partial charge on any atom is 0.296 e. The van der Waals surface area contributed by atoms with Gasteiger partial charge in [0, 0.05) is 11.6 Å². The fraction of sp³-hybridized carbons (Fsp3) is 0.0500. The molecule has 0 bridgehead atoms. The van der Waals surface area contributed by atoms with Gasteiger partial charge in [-0.3, -0.25) is 9.47 Å². The minimum Gasteiger partial charge on any atom is -0.330 e. The fourth-order valence-corrected chi connectivity index (χ4v) is 3.74. The Morgan fingerprint density at radius 1 is 1.03 bits per heavy atom.